The van der Waals surface area contributed by atoms with E-state index in [4.69, 9.17) is 12.2 Å². The smallest absolute Gasteiger partial charge is 0.161 e. The minimum atomic E-state index is 0.960. The van der Waals surface area contributed by atoms with E-state index < -0.39 is 0 Å². The topological polar surface area (TPSA) is 4.93 Å². The van der Waals surface area contributed by atoms with Crippen molar-refractivity contribution >= 4 is 23.6 Å². The first kappa shape index (κ1) is 14.2. The molecule has 1 aromatic heterocycles. The number of thiazole rings is 1. The van der Waals surface area contributed by atoms with E-state index in [1.165, 1.54) is 16.8 Å². The summed E-state index contributed by atoms with van der Waals surface area (Å²) in [4.78, 5) is 0. The zero-order valence-electron chi connectivity index (χ0n) is 11.7. The molecule has 3 aromatic rings. The van der Waals surface area contributed by atoms with Gasteiger partial charge >= 0.3 is 0 Å². The van der Waals surface area contributed by atoms with E-state index in [2.05, 4.69) is 64.5 Å². The first-order chi connectivity index (χ1) is 10.3. The maximum atomic E-state index is 5.48. The van der Waals surface area contributed by atoms with Crippen molar-refractivity contribution in [1.82, 2.24) is 4.57 Å². The van der Waals surface area contributed by atoms with E-state index >= 15 is 0 Å². The van der Waals surface area contributed by atoms with Crippen molar-refractivity contribution in [2.45, 2.75) is 19.4 Å². The SMILES string of the molecule is S=c1scc(-c2ccccc2)n1CCCc1ccccc1. The highest BCUT2D eigenvalue weighted by Gasteiger charge is 2.06. The maximum Gasteiger partial charge on any atom is 0.161 e. The summed E-state index contributed by atoms with van der Waals surface area (Å²) in [5.41, 5.74) is 3.86. The standard InChI is InChI=1S/C18H17NS2/c20-18-19(13-7-10-15-8-3-1-4-9-15)17(14-21-18)16-11-5-2-6-12-16/h1-6,8-9,11-12,14H,7,10,13H2. The van der Waals surface area contributed by atoms with Gasteiger partial charge in [-0.05, 0) is 36.2 Å². The van der Waals surface area contributed by atoms with Crippen LogP contribution in [-0.2, 0) is 13.0 Å². The highest BCUT2D eigenvalue weighted by Crippen LogP contribution is 2.24. The van der Waals surface area contributed by atoms with Crippen molar-refractivity contribution in [3.05, 3.63) is 75.6 Å². The summed E-state index contributed by atoms with van der Waals surface area (Å²) >= 11 is 7.13. The molecular weight excluding hydrogens is 294 g/mol. The van der Waals surface area contributed by atoms with Gasteiger partial charge < -0.3 is 4.57 Å². The summed E-state index contributed by atoms with van der Waals surface area (Å²) in [6, 6.07) is 21.1. The van der Waals surface area contributed by atoms with E-state index in [-0.39, 0.29) is 0 Å². The highest BCUT2D eigenvalue weighted by molar-refractivity contribution is 7.73. The molecule has 0 unspecified atom stereocenters. The Bertz CT molecular complexity index is 742. The molecule has 0 fully saturated rings. The Balaban J connectivity index is 1.74. The van der Waals surface area contributed by atoms with Gasteiger partial charge in [0.1, 0.15) is 0 Å². The minimum Gasteiger partial charge on any atom is -0.323 e. The number of nitrogens with zero attached hydrogens (tertiary/aromatic N) is 1. The average molecular weight is 311 g/mol. The van der Waals surface area contributed by atoms with Crippen molar-refractivity contribution in [2.75, 3.05) is 0 Å². The Morgan fingerprint density at radius 3 is 2.29 bits per heavy atom. The van der Waals surface area contributed by atoms with Gasteiger partial charge in [0.15, 0.2) is 3.95 Å². The van der Waals surface area contributed by atoms with E-state index in [9.17, 15) is 0 Å². The van der Waals surface area contributed by atoms with Gasteiger partial charge in [0, 0.05) is 11.9 Å². The molecule has 0 N–H and O–H groups in total. The second-order valence-electron chi connectivity index (χ2n) is 4.99. The minimum absolute atomic E-state index is 0.960. The van der Waals surface area contributed by atoms with Gasteiger partial charge in [0.2, 0.25) is 0 Å². The van der Waals surface area contributed by atoms with Gasteiger partial charge in [0.25, 0.3) is 0 Å². The lowest BCUT2D eigenvalue weighted by molar-refractivity contribution is 0.648. The molecule has 0 bridgehead atoms. The zero-order valence-corrected chi connectivity index (χ0v) is 13.4. The van der Waals surface area contributed by atoms with Crippen LogP contribution in [0.3, 0.4) is 0 Å². The average Bonchev–Trinajstić information content (AvgIpc) is 2.91. The summed E-state index contributed by atoms with van der Waals surface area (Å²) in [7, 11) is 0. The number of hydrogen-bond acceptors (Lipinski definition) is 2. The molecule has 0 aliphatic rings. The molecule has 21 heavy (non-hydrogen) atoms. The molecule has 0 saturated carbocycles. The normalized spacial score (nSPS) is 10.7. The van der Waals surface area contributed by atoms with Gasteiger partial charge in [-0.2, -0.15) is 0 Å². The van der Waals surface area contributed by atoms with Crippen molar-refractivity contribution in [1.29, 1.82) is 0 Å². The predicted octanol–water partition coefficient (Wildman–Crippen LogP) is 5.58. The molecule has 1 heterocycles. The number of rotatable bonds is 5. The van der Waals surface area contributed by atoms with E-state index in [1.807, 2.05) is 6.07 Å². The van der Waals surface area contributed by atoms with Gasteiger partial charge in [-0.25, -0.2) is 0 Å². The summed E-state index contributed by atoms with van der Waals surface area (Å²) in [5, 5.41) is 2.17. The lowest BCUT2D eigenvalue weighted by atomic mass is 10.1. The second kappa shape index (κ2) is 6.83. The first-order valence-electron chi connectivity index (χ1n) is 7.12. The summed E-state index contributed by atoms with van der Waals surface area (Å²) in [5.74, 6) is 0. The van der Waals surface area contributed by atoms with Crippen LogP contribution in [-0.4, -0.2) is 4.57 Å². The van der Waals surface area contributed by atoms with E-state index in [0.717, 1.165) is 23.3 Å². The Morgan fingerprint density at radius 1 is 0.905 bits per heavy atom. The molecule has 0 aliphatic carbocycles. The lowest BCUT2D eigenvalue weighted by Gasteiger charge is -2.09. The number of aromatic nitrogens is 1. The Kier molecular flexibility index (Phi) is 4.63. The van der Waals surface area contributed by atoms with Gasteiger partial charge in [-0.15, -0.1) is 11.3 Å². The Labute approximate surface area is 134 Å². The Morgan fingerprint density at radius 2 is 1.57 bits per heavy atom. The van der Waals surface area contributed by atoms with Crippen molar-refractivity contribution in [3.8, 4) is 11.3 Å². The maximum absolute atomic E-state index is 5.48. The van der Waals surface area contributed by atoms with Crippen LogP contribution < -0.4 is 0 Å². The first-order valence-corrected chi connectivity index (χ1v) is 8.41. The molecular formula is C18H17NS2. The predicted molar refractivity (Wildman–Crippen MR) is 93.3 cm³/mol. The van der Waals surface area contributed by atoms with Crippen LogP contribution in [0.5, 0.6) is 0 Å². The second-order valence-corrected chi connectivity index (χ2v) is 6.50. The van der Waals surface area contributed by atoms with Crippen LogP contribution in [0, 0.1) is 3.95 Å². The third-order valence-corrected chi connectivity index (χ3v) is 4.81. The number of aryl methyl sites for hydroxylation is 1. The van der Waals surface area contributed by atoms with Crippen LogP contribution in [0.25, 0.3) is 11.3 Å². The van der Waals surface area contributed by atoms with Crippen molar-refractivity contribution in [3.63, 3.8) is 0 Å². The molecule has 0 aliphatic heterocycles. The lowest BCUT2D eigenvalue weighted by Crippen LogP contribution is -2.01. The third kappa shape index (κ3) is 3.49. The molecule has 0 radical (unpaired) electrons. The fourth-order valence-electron chi connectivity index (χ4n) is 2.46. The van der Waals surface area contributed by atoms with Gasteiger partial charge in [0.05, 0.1) is 5.69 Å². The largest absolute Gasteiger partial charge is 0.323 e. The molecule has 0 amide bonds. The van der Waals surface area contributed by atoms with Crippen molar-refractivity contribution in [2.24, 2.45) is 0 Å². The van der Waals surface area contributed by atoms with Gasteiger partial charge in [-0.3, -0.25) is 0 Å². The molecule has 0 spiro atoms. The van der Waals surface area contributed by atoms with Crippen LogP contribution in [0.4, 0.5) is 0 Å². The molecule has 0 atom stereocenters. The number of benzene rings is 2. The van der Waals surface area contributed by atoms with Crippen molar-refractivity contribution < 1.29 is 0 Å². The van der Waals surface area contributed by atoms with Crippen LogP contribution in [0.2, 0.25) is 0 Å². The summed E-state index contributed by atoms with van der Waals surface area (Å²) in [6.07, 6.45) is 2.20. The molecule has 3 heteroatoms. The fraction of sp³-hybridized carbons (Fsp3) is 0.167. The Hall–Kier alpha value is -1.71. The summed E-state index contributed by atoms with van der Waals surface area (Å²) < 4.78 is 3.22. The molecule has 2 aromatic carbocycles. The molecule has 106 valence electrons. The highest BCUT2D eigenvalue weighted by atomic mass is 32.1. The number of hydrogen-bond donors (Lipinski definition) is 0. The molecule has 0 saturated heterocycles. The summed E-state index contributed by atoms with van der Waals surface area (Å²) in [6.45, 7) is 0.974. The zero-order chi connectivity index (χ0) is 14.5. The van der Waals surface area contributed by atoms with E-state index in [1.54, 1.807) is 11.3 Å². The van der Waals surface area contributed by atoms with Crippen LogP contribution >= 0.6 is 23.6 Å². The van der Waals surface area contributed by atoms with Crippen LogP contribution in [0.1, 0.15) is 12.0 Å². The van der Waals surface area contributed by atoms with Gasteiger partial charge in [-0.1, -0.05) is 60.7 Å². The monoisotopic (exact) mass is 311 g/mol. The quantitative estimate of drug-likeness (QED) is 0.557. The third-order valence-electron chi connectivity index (χ3n) is 3.54. The molecule has 1 nitrogen and oxygen atoms in total. The van der Waals surface area contributed by atoms with Crippen LogP contribution in [0.15, 0.2) is 66.0 Å². The molecule has 3 rings (SSSR count). The van der Waals surface area contributed by atoms with E-state index in [0.29, 0.717) is 0 Å². The fourth-order valence-corrected chi connectivity index (χ4v) is 3.59.